The van der Waals surface area contributed by atoms with Crippen molar-refractivity contribution in [3.05, 3.63) is 29.6 Å². The number of carbonyl (C=O) groups excluding carboxylic acids is 1. The Morgan fingerprint density at radius 3 is 3.00 bits per heavy atom. The molecule has 0 fully saturated rings. The van der Waals surface area contributed by atoms with Gasteiger partial charge >= 0.3 is 6.16 Å². The molecule has 1 aromatic heterocycles. The molecule has 1 aromatic rings. The molecule has 0 aromatic carbocycles. The number of pyridine rings is 1. The number of ether oxygens (including phenoxy) is 1. The molecule has 0 saturated carbocycles. The van der Waals surface area contributed by atoms with Gasteiger partial charge in [0.15, 0.2) is 12.1 Å². The first kappa shape index (κ1) is 9.66. The number of nitrogens with zero attached hydrogens (tertiary/aromatic N) is 1. The van der Waals surface area contributed by atoms with Gasteiger partial charge in [0.2, 0.25) is 0 Å². The lowest BCUT2D eigenvalue weighted by Crippen LogP contribution is -2.27. The lowest BCUT2D eigenvalue weighted by molar-refractivity contribution is -0.645. The van der Waals surface area contributed by atoms with E-state index in [0.29, 0.717) is 9.76 Å². The maximum atomic E-state index is 11.0. The average Bonchev–Trinajstić information content (AvgIpc) is 2.08. The van der Waals surface area contributed by atoms with E-state index < -0.39 is 6.16 Å². The Kier molecular flexibility index (Phi) is 3.39. The molecule has 0 atom stereocenters. The average molecular weight is 200 g/mol. The van der Waals surface area contributed by atoms with E-state index in [1.165, 1.54) is 6.20 Å². The van der Waals surface area contributed by atoms with Crippen molar-refractivity contribution in [1.82, 2.24) is 0 Å². The number of hydrogen-bond donors (Lipinski definition) is 0. The largest absolute Gasteiger partial charge is 0.618 e. The van der Waals surface area contributed by atoms with Crippen LogP contribution in [-0.4, -0.2) is 12.1 Å². The van der Waals surface area contributed by atoms with Crippen LogP contribution in [0, 0.1) is 5.21 Å². The topological polar surface area (TPSA) is 73.1 Å². The van der Waals surface area contributed by atoms with Crippen LogP contribution in [0.2, 0.25) is 0 Å². The highest BCUT2D eigenvalue weighted by Crippen LogP contribution is 2.12. The van der Waals surface area contributed by atoms with Crippen LogP contribution in [0.5, 0.6) is 0 Å². The molecule has 0 aliphatic rings. The summed E-state index contributed by atoms with van der Waals surface area (Å²) >= 11 is 0.983. The van der Waals surface area contributed by atoms with Crippen molar-refractivity contribution in [1.29, 1.82) is 0 Å². The summed E-state index contributed by atoms with van der Waals surface area (Å²) in [4.78, 5) is 9.84. The van der Waals surface area contributed by atoms with Gasteiger partial charge in [-0.1, -0.05) is 0 Å². The molecule has 0 aliphatic carbocycles. The van der Waals surface area contributed by atoms with Crippen LogP contribution in [0.15, 0.2) is 29.4 Å². The maximum Gasteiger partial charge on any atom is 0.550 e. The Balaban J connectivity index is 2.45. The molecule has 69 valence electrons. The number of carbonyl (C=O) groups is 1. The summed E-state index contributed by atoms with van der Waals surface area (Å²) in [6.45, 7) is 0. The lowest BCUT2D eigenvalue weighted by Gasteiger charge is -2.01. The number of hydrogen-bond acceptors (Lipinski definition) is 4. The summed E-state index contributed by atoms with van der Waals surface area (Å²) in [7, 11) is 0. The molecule has 6 heteroatoms. The van der Waals surface area contributed by atoms with Crippen molar-refractivity contribution in [3.8, 4) is 0 Å². The molecule has 1 radical (unpaired) electrons. The van der Waals surface area contributed by atoms with Gasteiger partial charge in [-0.15, -0.1) is 0 Å². The van der Waals surface area contributed by atoms with Gasteiger partial charge < -0.3 is 9.94 Å². The normalized spacial score (nSPS) is 9.54. The molecule has 0 unspecified atom stereocenters. The van der Waals surface area contributed by atoms with Crippen molar-refractivity contribution in [2.75, 3.05) is 5.94 Å². The zero-order chi connectivity index (χ0) is 9.68. The number of rotatable bonds is 3. The minimum absolute atomic E-state index is 0.144. The highest BCUT2D eigenvalue weighted by molar-refractivity contribution is 7.99. The maximum absolute atomic E-state index is 11.0. The van der Waals surface area contributed by atoms with E-state index in [1.807, 2.05) is 0 Å². The van der Waals surface area contributed by atoms with Crippen LogP contribution >= 0.6 is 11.8 Å². The summed E-state index contributed by atoms with van der Waals surface area (Å²) < 4.78 is 4.75. The second-order valence-corrected chi connectivity index (χ2v) is 2.96. The third-order valence-electron chi connectivity index (χ3n) is 1.17. The van der Waals surface area contributed by atoms with Crippen LogP contribution < -0.4 is 4.73 Å². The van der Waals surface area contributed by atoms with Gasteiger partial charge in [0.1, 0.15) is 0 Å². The third kappa shape index (κ3) is 3.20. The molecule has 0 N–H and O–H groups in total. The van der Waals surface area contributed by atoms with E-state index in [1.54, 1.807) is 18.2 Å². The summed E-state index contributed by atoms with van der Waals surface area (Å²) in [5, 5.41) is 21.2. The van der Waals surface area contributed by atoms with E-state index in [9.17, 15) is 15.1 Å². The summed E-state index contributed by atoms with van der Waals surface area (Å²) in [6.07, 6.45) is -0.276. The van der Waals surface area contributed by atoms with E-state index >= 15 is 0 Å². The highest BCUT2D eigenvalue weighted by Gasteiger charge is 2.06. The minimum atomic E-state index is -1.60. The predicted molar refractivity (Wildman–Crippen MR) is 43.3 cm³/mol. The molecule has 0 amide bonds. The number of aromatic nitrogens is 1. The van der Waals surface area contributed by atoms with Crippen molar-refractivity contribution >= 4 is 17.9 Å². The second kappa shape index (κ2) is 4.56. The number of thioether (sulfide) groups is 1. The first-order valence-corrected chi connectivity index (χ1v) is 4.33. The van der Waals surface area contributed by atoms with Gasteiger partial charge in [-0.3, -0.25) is 0 Å². The minimum Gasteiger partial charge on any atom is -0.618 e. The third-order valence-corrected chi connectivity index (χ3v) is 2.02. The Morgan fingerprint density at radius 2 is 2.38 bits per heavy atom. The highest BCUT2D eigenvalue weighted by atomic mass is 32.2. The predicted octanol–water partition coefficient (Wildman–Crippen LogP) is 0.937. The second-order valence-electron chi connectivity index (χ2n) is 2.02. The van der Waals surface area contributed by atoms with Crippen molar-refractivity contribution in [2.24, 2.45) is 0 Å². The van der Waals surface area contributed by atoms with E-state index in [-0.39, 0.29) is 5.94 Å². The Labute approximate surface area is 78.5 Å². The monoisotopic (exact) mass is 200 g/mol. The van der Waals surface area contributed by atoms with Crippen molar-refractivity contribution in [3.63, 3.8) is 0 Å². The van der Waals surface area contributed by atoms with Crippen LogP contribution in [0.1, 0.15) is 0 Å². The zero-order valence-corrected chi connectivity index (χ0v) is 7.32. The quantitative estimate of drug-likeness (QED) is 0.239. The molecule has 5 nitrogen and oxygen atoms in total. The van der Waals surface area contributed by atoms with Crippen molar-refractivity contribution < 1.29 is 19.4 Å². The molecular formula is C7H6NO4S. The standard InChI is InChI=1S/C7H6NO4S/c9-7(10)12-5-13-6-3-1-2-4-8(6)11/h1-4H,5H2. The zero-order valence-electron chi connectivity index (χ0n) is 6.50. The molecule has 0 bridgehead atoms. The summed E-state index contributed by atoms with van der Waals surface area (Å²) in [5.41, 5.74) is 0. The molecule has 1 heterocycles. The van der Waals surface area contributed by atoms with Crippen LogP contribution in [-0.2, 0) is 9.84 Å². The van der Waals surface area contributed by atoms with Gasteiger partial charge in [-0.25, -0.2) is 0 Å². The van der Waals surface area contributed by atoms with Crippen LogP contribution in [0.25, 0.3) is 0 Å². The van der Waals surface area contributed by atoms with Crippen molar-refractivity contribution in [2.45, 2.75) is 5.03 Å². The first-order valence-electron chi connectivity index (χ1n) is 3.35. The first-order chi connectivity index (χ1) is 6.20. The van der Waals surface area contributed by atoms with Crippen LogP contribution in [0.4, 0.5) is 4.79 Å². The fourth-order valence-corrected chi connectivity index (χ4v) is 1.30. The molecule has 0 aliphatic heterocycles. The van der Waals surface area contributed by atoms with E-state index in [0.717, 1.165) is 11.8 Å². The Hall–Kier alpha value is -1.43. The fraction of sp³-hybridized carbons (Fsp3) is 0.143. The van der Waals surface area contributed by atoms with Gasteiger partial charge in [0, 0.05) is 12.1 Å². The van der Waals surface area contributed by atoms with Gasteiger partial charge in [-0.2, -0.15) is 14.6 Å². The smallest absolute Gasteiger partial charge is 0.550 e. The molecular weight excluding hydrogens is 194 g/mol. The Bertz CT molecular complexity index is 304. The Morgan fingerprint density at radius 1 is 1.62 bits per heavy atom. The van der Waals surface area contributed by atoms with Gasteiger partial charge in [0.05, 0.1) is 0 Å². The molecule has 0 spiro atoms. The van der Waals surface area contributed by atoms with E-state index in [4.69, 9.17) is 0 Å². The fourth-order valence-electron chi connectivity index (χ4n) is 0.662. The van der Waals surface area contributed by atoms with Crippen LogP contribution in [0.3, 0.4) is 0 Å². The lowest BCUT2D eigenvalue weighted by atomic mass is 10.5. The van der Waals surface area contributed by atoms with Gasteiger partial charge in [0.25, 0.3) is 5.03 Å². The van der Waals surface area contributed by atoms with Gasteiger partial charge in [-0.05, 0) is 17.8 Å². The summed E-state index contributed by atoms with van der Waals surface area (Å²) in [5.74, 6) is -0.144. The molecule has 0 saturated heterocycles. The SMILES string of the molecule is [O]C(=O)OCSc1cccc[n+]1[O-]. The summed E-state index contributed by atoms with van der Waals surface area (Å²) in [6, 6.07) is 4.82. The molecule has 1 rings (SSSR count). The van der Waals surface area contributed by atoms with E-state index in [2.05, 4.69) is 4.74 Å². The molecule has 13 heavy (non-hydrogen) atoms.